The third kappa shape index (κ3) is 8.43. The van der Waals surface area contributed by atoms with Crippen LogP contribution in [0, 0.1) is 0 Å². The average molecular weight is 631 g/mol. The Kier molecular flexibility index (Phi) is 13.2. The van der Waals surface area contributed by atoms with Crippen molar-refractivity contribution in [2.75, 3.05) is 13.1 Å². The van der Waals surface area contributed by atoms with Crippen LogP contribution in [-0.2, 0) is 24.7 Å². The molecule has 3 aliphatic heterocycles. The molecule has 1 spiro atoms. The van der Waals surface area contributed by atoms with Gasteiger partial charge in [-0.05, 0) is 6.42 Å². The Morgan fingerprint density at radius 1 is 0.674 bits per heavy atom. The summed E-state index contributed by atoms with van der Waals surface area (Å²) in [6.45, 7) is 4.83. The number of hydrogen-bond acceptors (Lipinski definition) is 4. The summed E-state index contributed by atoms with van der Waals surface area (Å²) in [6.07, 6.45) is 23.4. The minimum Gasteiger partial charge on any atom is -0.458 e. The summed E-state index contributed by atoms with van der Waals surface area (Å²) in [7, 11) is 0. The second kappa shape index (κ2) is 17.5. The smallest absolute Gasteiger partial charge is 0.360 e. The van der Waals surface area contributed by atoms with Gasteiger partial charge in [0, 0.05) is 56.1 Å². The number of nitrogens with zero attached hydrogens (tertiary/aromatic N) is 1. The van der Waals surface area contributed by atoms with E-state index in [1.165, 1.54) is 107 Å². The summed E-state index contributed by atoms with van der Waals surface area (Å²) in [4.78, 5) is 28.1. The summed E-state index contributed by atoms with van der Waals surface area (Å²) in [5.41, 5.74) is -0.328. The van der Waals surface area contributed by atoms with E-state index < -0.39 is 11.6 Å². The summed E-state index contributed by atoms with van der Waals surface area (Å²) in [6, 6.07) is 20.2. The van der Waals surface area contributed by atoms with Gasteiger partial charge in [0.1, 0.15) is 6.10 Å². The third-order valence-electron chi connectivity index (χ3n) is 11.4. The molecule has 0 amide bonds. The topological polar surface area (TPSA) is 52.6 Å². The molecule has 5 heteroatoms. The number of unbranched alkanes of at least 4 members (excludes halogenated alkanes) is 12. The predicted octanol–water partition coefficient (Wildman–Crippen LogP) is 9.80. The van der Waals surface area contributed by atoms with Gasteiger partial charge in [0.15, 0.2) is 0 Å². The number of piperidine rings is 1. The highest BCUT2D eigenvalue weighted by Gasteiger charge is 2.57. The van der Waals surface area contributed by atoms with Crippen molar-refractivity contribution in [3.05, 3.63) is 71.8 Å². The van der Waals surface area contributed by atoms with E-state index in [0.29, 0.717) is 29.6 Å². The number of carbonyl (C=O) groups excluding carboxylic acids is 2. The van der Waals surface area contributed by atoms with Crippen molar-refractivity contribution in [2.24, 2.45) is 0 Å². The Morgan fingerprint density at radius 2 is 1.13 bits per heavy atom. The van der Waals surface area contributed by atoms with E-state index in [4.69, 9.17) is 9.47 Å². The molecule has 0 radical (unpaired) electrons. The maximum absolute atomic E-state index is 14.5. The largest absolute Gasteiger partial charge is 0.458 e. The molecule has 3 fully saturated rings. The normalized spacial score (nSPS) is 21.8. The van der Waals surface area contributed by atoms with E-state index >= 15 is 0 Å². The van der Waals surface area contributed by atoms with E-state index in [-0.39, 0.29) is 12.1 Å². The van der Waals surface area contributed by atoms with Crippen LogP contribution < -0.4 is 0 Å². The molecule has 252 valence electrons. The first-order chi connectivity index (χ1) is 22.6. The molecule has 0 aromatic heterocycles. The molecule has 5 nitrogen and oxygen atoms in total. The number of rotatable bonds is 19. The maximum atomic E-state index is 14.5. The van der Waals surface area contributed by atoms with Crippen molar-refractivity contribution < 1.29 is 23.5 Å². The molecule has 2 aromatic carbocycles. The number of quaternary nitrogens is 1. The molecule has 2 bridgehead atoms. The van der Waals surface area contributed by atoms with Crippen LogP contribution >= 0.6 is 0 Å². The van der Waals surface area contributed by atoms with Gasteiger partial charge < -0.3 is 14.0 Å². The predicted molar refractivity (Wildman–Crippen MR) is 185 cm³/mol. The van der Waals surface area contributed by atoms with Crippen LogP contribution in [0.3, 0.4) is 0 Å². The molecule has 46 heavy (non-hydrogen) atoms. The minimum absolute atomic E-state index is 0.138. The van der Waals surface area contributed by atoms with Gasteiger partial charge >= 0.3 is 11.9 Å². The van der Waals surface area contributed by atoms with Crippen LogP contribution in [0.15, 0.2) is 60.7 Å². The fraction of sp³-hybridized carbons (Fsp3) is 0.659. The molecule has 2 aromatic rings. The number of ether oxygens (including phenoxy) is 2. The maximum Gasteiger partial charge on any atom is 0.360 e. The fourth-order valence-electron chi connectivity index (χ4n) is 8.96. The molecule has 0 saturated carbocycles. The monoisotopic (exact) mass is 630 g/mol. The van der Waals surface area contributed by atoms with Crippen LogP contribution in [-0.4, -0.2) is 47.7 Å². The molecular formula is C41H60NO4+. The average Bonchev–Trinajstić information content (AvgIpc) is 3.63. The fourth-order valence-corrected chi connectivity index (χ4v) is 8.96. The Balaban J connectivity index is 1.17. The molecular weight excluding hydrogens is 570 g/mol. The van der Waals surface area contributed by atoms with Gasteiger partial charge in [0.05, 0.1) is 25.2 Å². The number of benzene rings is 2. The highest BCUT2D eigenvalue weighted by atomic mass is 16.6. The van der Waals surface area contributed by atoms with Crippen molar-refractivity contribution in [2.45, 2.75) is 159 Å². The van der Waals surface area contributed by atoms with Crippen LogP contribution in [0.4, 0.5) is 0 Å². The first kappa shape index (κ1) is 34.7. The van der Waals surface area contributed by atoms with Crippen molar-refractivity contribution >= 4 is 11.9 Å². The lowest BCUT2D eigenvalue weighted by molar-refractivity contribution is -0.956. The number of hydrogen-bond donors (Lipinski definition) is 0. The Hall–Kier alpha value is -2.66. The lowest BCUT2D eigenvalue weighted by Crippen LogP contribution is -2.60. The quantitative estimate of drug-likeness (QED) is 0.0881. The first-order valence-corrected chi connectivity index (χ1v) is 19.0. The van der Waals surface area contributed by atoms with Gasteiger partial charge in [-0.1, -0.05) is 145 Å². The lowest BCUT2D eigenvalue weighted by atomic mass is 9.85. The molecule has 5 rings (SSSR count). The molecule has 0 aliphatic carbocycles. The SMILES string of the molecule is CCCCCCCCCCCCCCCC(=O)OC(C(=O)OC1CC2CCC(C1)[N+]21CCCC1)(c1ccccc1)c1ccccc1. The summed E-state index contributed by atoms with van der Waals surface area (Å²) < 4.78 is 14.1. The van der Waals surface area contributed by atoms with Crippen LogP contribution in [0.1, 0.15) is 146 Å². The second-order valence-corrected chi connectivity index (χ2v) is 14.5. The van der Waals surface area contributed by atoms with Gasteiger partial charge in [-0.15, -0.1) is 0 Å². The summed E-state index contributed by atoms with van der Waals surface area (Å²) in [5.74, 6) is -0.791. The molecule has 3 saturated heterocycles. The Labute approximate surface area is 279 Å². The van der Waals surface area contributed by atoms with Crippen molar-refractivity contribution in [1.29, 1.82) is 0 Å². The van der Waals surface area contributed by atoms with Crippen LogP contribution in [0.25, 0.3) is 0 Å². The molecule has 3 heterocycles. The van der Waals surface area contributed by atoms with Crippen molar-refractivity contribution in [1.82, 2.24) is 0 Å². The molecule has 0 N–H and O–H groups in total. The highest BCUT2D eigenvalue weighted by molar-refractivity contribution is 5.89. The van der Waals surface area contributed by atoms with Gasteiger partial charge in [-0.3, -0.25) is 4.79 Å². The number of esters is 2. The minimum atomic E-state index is -1.62. The van der Waals surface area contributed by atoms with E-state index in [9.17, 15) is 9.59 Å². The zero-order valence-electron chi connectivity index (χ0n) is 28.6. The highest BCUT2D eigenvalue weighted by Crippen LogP contribution is 2.47. The van der Waals surface area contributed by atoms with E-state index in [1.807, 2.05) is 60.7 Å². The van der Waals surface area contributed by atoms with Crippen molar-refractivity contribution in [3.63, 3.8) is 0 Å². The number of carbonyl (C=O) groups is 2. The standard InChI is InChI=1S/C41H60NO4/c1-2-3-4-5-6-7-8-9-10-11-12-13-20-27-39(43)46-41(34-23-16-14-17-24-34,35-25-18-15-19-26-35)40(44)45-38-32-36-28-29-37(33-38)42(36)30-21-22-31-42/h14-19,23-26,36-38H,2-13,20-22,27-33H2,1H3/q+1. The Bertz CT molecular complexity index is 1140. The van der Waals surface area contributed by atoms with Crippen LogP contribution in [0.2, 0.25) is 0 Å². The Morgan fingerprint density at radius 3 is 1.61 bits per heavy atom. The van der Waals surface area contributed by atoms with Crippen LogP contribution in [0.5, 0.6) is 0 Å². The van der Waals surface area contributed by atoms with E-state index in [1.54, 1.807) is 0 Å². The van der Waals surface area contributed by atoms with Gasteiger partial charge in [-0.2, -0.15) is 0 Å². The molecule has 2 atom stereocenters. The summed E-state index contributed by atoms with van der Waals surface area (Å²) in [5, 5.41) is 0. The van der Waals surface area contributed by atoms with Gasteiger partial charge in [0.2, 0.25) is 0 Å². The zero-order valence-corrected chi connectivity index (χ0v) is 28.6. The molecule has 3 aliphatic rings. The first-order valence-electron chi connectivity index (χ1n) is 19.0. The lowest BCUT2D eigenvalue weighted by Gasteiger charge is -2.47. The van der Waals surface area contributed by atoms with E-state index in [2.05, 4.69) is 6.92 Å². The summed E-state index contributed by atoms with van der Waals surface area (Å²) >= 11 is 0. The third-order valence-corrected chi connectivity index (χ3v) is 11.4. The van der Waals surface area contributed by atoms with E-state index in [0.717, 1.165) is 32.1 Å². The van der Waals surface area contributed by atoms with Crippen molar-refractivity contribution in [3.8, 4) is 0 Å². The van der Waals surface area contributed by atoms with Gasteiger partial charge in [-0.25, -0.2) is 4.79 Å². The second-order valence-electron chi connectivity index (χ2n) is 14.5. The zero-order chi connectivity index (χ0) is 32.1. The molecule has 2 unspecified atom stereocenters. The van der Waals surface area contributed by atoms with Gasteiger partial charge in [0.25, 0.3) is 5.60 Å².